The molecule has 1 saturated heterocycles. The van der Waals surface area contributed by atoms with Crippen LogP contribution in [0.1, 0.15) is 5.56 Å². The fourth-order valence-electron chi connectivity index (χ4n) is 2.92. The summed E-state index contributed by atoms with van der Waals surface area (Å²) in [6, 6.07) is 6.37. The van der Waals surface area contributed by atoms with Crippen LogP contribution in [0.4, 0.5) is 10.5 Å². The summed E-state index contributed by atoms with van der Waals surface area (Å²) in [6.07, 6.45) is 6.10. The summed E-state index contributed by atoms with van der Waals surface area (Å²) in [7, 11) is 3.43. The van der Waals surface area contributed by atoms with Gasteiger partial charge in [-0.15, -0.1) is 0 Å². The molecule has 0 saturated carbocycles. The molecule has 2 unspecified atom stereocenters. The SMILES string of the molecule is CSC1=NC2C(N(C)C(=O)N2C)N1/N=C/C=C/c1ccccc1[N+](=O)[O-]. The van der Waals surface area contributed by atoms with Crippen LogP contribution in [0.15, 0.2) is 40.4 Å². The van der Waals surface area contributed by atoms with E-state index < -0.39 is 4.92 Å². The Labute approximate surface area is 154 Å². The number of nitrogens with zero attached hydrogens (tertiary/aromatic N) is 6. The molecule has 2 atom stereocenters. The molecule has 0 bridgehead atoms. The third-order valence-electron chi connectivity index (χ3n) is 4.22. The van der Waals surface area contributed by atoms with Crippen molar-refractivity contribution >= 4 is 40.9 Å². The van der Waals surface area contributed by atoms with Crippen LogP contribution in [0.5, 0.6) is 0 Å². The van der Waals surface area contributed by atoms with Crippen molar-refractivity contribution in [3.8, 4) is 0 Å². The molecule has 0 aromatic heterocycles. The molecule has 2 heterocycles. The van der Waals surface area contributed by atoms with Crippen LogP contribution in [0.25, 0.3) is 6.08 Å². The summed E-state index contributed by atoms with van der Waals surface area (Å²) in [5, 5.41) is 17.8. The van der Waals surface area contributed by atoms with Crippen LogP contribution in [0, 0.1) is 10.1 Å². The molecule has 9 nitrogen and oxygen atoms in total. The number of nitro groups is 1. The van der Waals surface area contributed by atoms with Crippen LogP contribution in [0.3, 0.4) is 0 Å². The van der Waals surface area contributed by atoms with Gasteiger partial charge in [0, 0.05) is 26.4 Å². The number of likely N-dealkylation sites (N-methyl/N-ethyl adjacent to an activating group) is 2. The number of aliphatic imine (C=N–C) groups is 1. The second-order valence-corrected chi connectivity index (χ2v) is 6.50. The Morgan fingerprint density at radius 2 is 2.04 bits per heavy atom. The van der Waals surface area contributed by atoms with Crippen molar-refractivity contribution in [2.24, 2.45) is 10.1 Å². The van der Waals surface area contributed by atoms with Crippen molar-refractivity contribution in [3.05, 3.63) is 46.0 Å². The molecule has 1 aromatic rings. The minimum atomic E-state index is -0.421. The molecule has 0 spiro atoms. The minimum Gasteiger partial charge on any atom is -0.302 e. The zero-order chi connectivity index (χ0) is 18.8. The van der Waals surface area contributed by atoms with E-state index in [0.717, 1.165) is 0 Å². The first kappa shape index (κ1) is 17.9. The second-order valence-electron chi connectivity index (χ2n) is 5.73. The maximum Gasteiger partial charge on any atom is 0.323 e. The van der Waals surface area contributed by atoms with Gasteiger partial charge in [-0.1, -0.05) is 23.9 Å². The van der Waals surface area contributed by atoms with Crippen molar-refractivity contribution < 1.29 is 9.72 Å². The van der Waals surface area contributed by atoms with E-state index in [1.807, 2.05) is 6.26 Å². The third kappa shape index (κ3) is 3.03. The number of amidine groups is 1. The van der Waals surface area contributed by atoms with Gasteiger partial charge in [0.1, 0.15) is 0 Å². The molecule has 2 aliphatic heterocycles. The van der Waals surface area contributed by atoms with E-state index in [0.29, 0.717) is 10.7 Å². The number of carbonyl (C=O) groups excluding carboxylic acids is 1. The molecular weight excluding hydrogens is 356 g/mol. The maximum atomic E-state index is 12.1. The lowest BCUT2D eigenvalue weighted by Gasteiger charge is -2.25. The lowest BCUT2D eigenvalue weighted by Crippen LogP contribution is -2.43. The van der Waals surface area contributed by atoms with Crippen LogP contribution in [-0.2, 0) is 0 Å². The van der Waals surface area contributed by atoms with E-state index in [-0.39, 0.29) is 24.1 Å². The fraction of sp³-hybridized carbons (Fsp3) is 0.312. The van der Waals surface area contributed by atoms with Gasteiger partial charge in [0.05, 0.1) is 10.5 Å². The summed E-state index contributed by atoms with van der Waals surface area (Å²) in [4.78, 5) is 30.4. The van der Waals surface area contributed by atoms with Gasteiger partial charge in [0.25, 0.3) is 5.69 Å². The average molecular weight is 374 g/mol. The van der Waals surface area contributed by atoms with Gasteiger partial charge >= 0.3 is 6.03 Å². The van der Waals surface area contributed by atoms with Gasteiger partial charge in [-0.3, -0.25) is 10.1 Å². The standard InChI is InChI=1S/C16H18N6O3S/c1-19-13-14(20(2)16(19)23)21(15(18-13)26-3)17-10-6-8-11-7-4-5-9-12(11)22(24)25/h4-10,13-14H,1-3H3/b8-6+,17-10+. The number of rotatable bonds is 4. The van der Waals surface area contributed by atoms with Gasteiger partial charge in [-0.05, 0) is 24.5 Å². The number of fused-ring (bicyclic) bond motifs is 1. The van der Waals surface area contributed by atoms with Crippen LogP contribution >= 0.6 is 11.8 Å². The van der Waals surface area contributed by atoms with E-state index in [2.05, 4.69) is 10.1 Å². The van der Waals surface area contributed by atoms with E-state index in [4.69, 9.17) is 0 Å². The Bertz CT molecular complexity index is 824. The zero-order valence-electron chi connectivity index (χ0n) is 14.5. The number of allylic oxidation sites excluding steroid dienone is 1. The molecule has 2 amide bonds. The molecule has 1 aromatic carbocycles. The number of amides is 2. The molecule has 0 N–H and O–H groups in total. The molecule has 0 radical (unpaired) electrons. The lowest BCUT2D eigenvalue weighted by molar-refractivity contribution is -0.385. The lowest BCUT2D eigenvalue weighted by atomic mass is 10.2. The predicted octanol–water partition coefficient (Wildman–Crippen LogP) is 2.28. The summed E-state index contributed by atoms with van der Waals surface area (Å²) in [6.45, 7) is 0. The number of carbonyl (C=O) groups is 1. The van der Waals surface area contributed by atoms with Gasteiger partial charge in [0.2, 0.25) is 0 Å². The maximum absolute atomic E-state index is 12.1. The highest BCUT2D eigenvalue weighted by Crippen LogP contribution is 2.32. The first-order valence-corrected chi connectivity index (χ1v) is 9.03. The Kier molecular flexibility index (Phi) is 4.94. The molecule has 136 valence electrons. The predicted molar refractivity (Wildman–Crippen MR) is 102 cm³/mol. The summed E-state index contributed by atoms with van der Waals surface area (Å²) in [5.41, 5.74) is 0.530. The highest BCUT2D eigenvalue weighted by Gasteiger charge is 2.50. The molecule has 2 aliphatic rings. The van der Waals surface area contributed by atoms with E-state index in [1.54, 1.807) is 65.5 Å². The smallest absolute Gasteiger partial charge is 0.302 e. The second kappa shape index (κ2) is 7.16. The topological polar surface area (TPSA) is 94.7 Å². The first-order valence-electron chi connectivity index (χ1n) is 7.80. The van der Waals surface area contributed by atoms with Gasteiger partial charge in [0.15, 0.2) is 17.5 Å². The quantitative estimate of drug-likeness (QED) is 0.458. The van der Waals surface area contributed by atoms with E-state index >= 15 is 0 Å². The molecule has 26 heavy (non-hydrogen) atoms. The Balaban J connectivity index is 1.79. The zero-order valence-corrected chi connectivity index (χ0v) is 15.3. The van der Waals surface area contributed by atoms with Gasteiger partial charge < -0.3 is 9.80 Å². The Morgan fingerprint density at radius 3 is 2.73 bits per heavy atom. The Morgan fingerprint density at radius 1 is 1.31 bits per heavy atom. The van der Waals surface area contributed by atoms with E-state index in [1.165, 1.54) is 17.8 Å². The monoisotopic (exact) mass is 374 g/mol. The molecule has 0 aliphatic carbocycles. The summed E-state index contributed by atoms with van der Waals surface area (Å²) < 4.78 is 0. The highest BCUT2D eigenvalue weighted by atomic mass is 32.2. The number of thioether (sulfide) groups is 1. The van der Waals surface area contributed by atoms with E-state index in [9.17, 15) is 14.9 Å². The van der Waals surface area contributed by atoms with Gasteiger partial charge in [-0.25, -0.2) is 14.8 Å². The number of urea groups is 1. The number of hydrogen-bond acceptors (Lipinski definition) is 7. The molecule has 1 fully saturated rings. The number of benzene rings is 1. The van der Waals surface area contributed by atoms with Crippen molar-refractivity contribution in [1.29, 1.82) is 0 Å². The number of hydrogen-bond donors (Lipinski definition) is 0. The number of nitro benzene ring substituents is 1. The van der Waals surface area contributed by atoms with Crippen molar-refractivity contribution in [2.75, 3.05) is 20.4 Å². The van der Waals surface area contributed by atoms with Crippen LogP contribution in [-0.4, -0.2) is 69.8 Å². The summed E-state index contributed by atoms with van der Waals surface area (Å²) >= 11 is 1.45. The highest BCUT2D eigenvalue weighted by molar-refractivity contribution is 8.13. The van der Waals surface area contributed by atoms with Gasteiger partial charge in [-0.2, -0.15) is 5.10 Å². The third-order valence-corrected chi connectivity index (χ3v) is 4.88. The molecule has 3 rings (SSSR count). The fourth-order valence-corrected chi connectivity index (χ4v) is 3.48. The largest absolute Gasteiger partial charge is 0.323 e. The normalized spacial score (nSPS) is 22.7. The molecular formula is C16H18N6O3S. The first-order chi connectivity index (χ1) is 12.5. The Hall–Kier alpha value is -2.88. The van der Waals surface area contributed by atoms with Crippen molar-refractivity contribution in [1.82, 2.24) is 14.8 Å². The van der Waals surface area contributed by atoms with Crippen LogP contribution < -0.4 is 0 Å². The average Bonchev–Trinajstić information content (AvgIpc) is 3.10. The van der Waals surface area contributed by atoms with Crippen molar-refractivity contribution in [3.63, 3.8) is 0 Å². The molecule has 10 heteroatoms. The summed E-state index contributed by atoms with van der Waals surface area (Å²) in [5.74, 6) is 0. The van der Waals surface area contributed by atoms with Crippen molar-refractivity contribution in [2.45, 2.75) is 12.3 Å². The van der Waals surface area contributed by atoms with Crippen LogP contribution in [0.2, 0.25) is 0 Å². The number of hydrazone groups is 1. The minimum absolute atomic E-state index is 0.0347. The number of para-hydroxylation sites is 1.